The molecule has 7 nitrogen and oxygen atoms in total. The molecule has 0 spiro atoms. The molecule has 7 heteroatoms. The van der Waals surface area contributed by atoms with E-state index in [1.54, 1.807) is 11.1 Å². The monoisotopic (exact) mass is 380 g/mol. The fourth-order valence-electron chi connectivity index (χ4n) is 4.24. The van der Waals surface area contributed by atoms with E-state index in [1.165, 1.54) is 31.2 Å². The molecular weight excluding hydrogens is 352 g/mol. The molecule has 1 aliphatic carbocycles. The van der Waals surface area contributed by atoms with Gasteiger partial charge in [-0.25, -0.2) is 9.97 Å². The summed E-state index contributed by atoms with van der Waals surface area (Å²) < 4.78 is 2.18. The Morgan fingerprint density at radius 1 is 1.29 bits per heavy atom. The zero-order chi connectivity index (χ0) is 19.7. The number of nitrogens with one attached hydrogen (secondary N) is 1. The Hall–Kier alpha value is -2.70. The molecule has 1 amide bonds. The average molecular weight is 380 g/mol. The third kappa shape index (κ3) is 3.53. The highest BCUT2D eigenvalue weighted by Gasteiger charge is 2.20. The van der Waals surface area contributed by atoms with Crippen molar-refractivity contribution in [1.82, 2.24) is 29.6 Å². The first-order valence-corrected chi connectivity index (χ1v) is 10.1. The maximum absolute atomic E-state index is 12.8. The van der Waals surface area contributed by atoms with Crippen LogP contribution in [0.25, 0.3) is 11.2 Å². The predicted octanol–water partition coefficient (Wildman–Crippen LogP) is 3.59. The van der Waals surface area contributed by atoms with Crippen LogP contribution in [0.1, 0.15) is 65.5 Å². The number of amides is 1. The molecule has 1 aliphatic rings. The van der Waals surface area contributed by atoms with Gasteiger partial charge >= 0.3 is 0 Å². The van der Waals surface area contributed by atoms with Crippen molar-refractivity contribution in [2.75, 3.05) is 13.6 Å². The van der Waals surface area contributed by atoms with Gasteiger partial charge in [0.25, 0.3) is 5.91 Å². The number of aryl methyl sites for hydroxylation is 2. The quantitative estimate of drug-likeness (QED) is 0.709. The molecule has 0 radical (unpaired) electrons. The molecule has 0 atom stereocenters. The number of hydrogen-bond acceptors (Lipinski definition) is 4. The van der Waals surface area contributed by atoms with Crippen LogP contribution in [-0.4, -0.2) is 49.1 Å². The zero-order valence-corrected chi connectivity index (χ0v) is 16.9. The van der Waals surface area contributed by atoms with Crippen molar-refractivity contribution in [2.45, 2.75) is 58.4 Å². The largest absolute Gasteiger partial charge is 0.342 e. The Morgan fingerprint density at radius 3 is 2.79 bits per heavy atom. The van der Waals surface area contributed by atoms with Gasteiger partial charge < -0.3 is 9.47 Å². The first-order valence-electron chi connectivity index (χ1n) is 10.1. The Morgan fingerprint density at radius 2 is 2.07 bits per heavy atom. The summed E-state index contributed by atoms with van der Waals surface area (Å²) in [5, 5.41) is 7.25. The minimum atomic E-state index is -0.00884. The first-order chi connectivity index (χ1) is 13.5. The van der Waals surface area contributed by atoms with Gasteiger partial charge in [-0.2, -0.15) is 5.10 Å². The summed E-state index contributed by atoms with van der Waals surface area (Å²) in [6.45, 7) is 4.74. The summed E-state index contributed by atoms with van der Waals surface area (Å²) >= 11 is 0. The number of imidazole rings is 1. The van der Waals surface area contributed by atoms with Gasteiger partial charge in [0.15, 0.2) is 5.65 Å². The molecule has 0 saturated heterocycles. The van der Waals surface area contributed by atoms with Gasteiger partial charge in [-0.15, -0.1) is 0 Å². The lowest BCUT2D eigenvalue weighted by Gasteiger charge is -2.17. The predicted molar refractivity (Wildman–Crippen MR) is 108 cm³/mol. The van der Waals surface area contributed by atoms with Gasteiger partial charge in [0.05, 0.1) is 17.6 Å². The molecule has 1 fully saturated rings. The lowest BCUT2D eigenvalue weighted by Crippen LogP contribution is -2.28. The summed E-state index contributed by atoms with van der Waals surface area (Å²) in [4.78, 5) is 23.6. The van der Waals surface area contributed by atoms with Gasteiger partial charge in [0, 0.05) is 31.5 Å². The van der Waals surface area contributed by atoms with Gasteiger partial charge in [-0.3, -0.25) is 9.89 Å². The van der Waals surface area contributed by atoms with E-state index in [2.05, 4.69) is 24.7 Å². The van der Waals surface area contributed by atoms with Crippen molar-refractivity contribution in [3.63, 3.8) is 0 Å². The van der Waals surface area contributed by atoms with E-state index in [-0.39, 0.29) is 5.91 Å². The molecule has 0 aliphatic heterocycles. The number of rotatable bonds is 6. The van der Waals surface area contributed by atoms with E-state index in [0.717, 1.165) is 35.4 Å². The van der Waals surface area contributed by atoms with Crippen LogP contribution in [0.2, 0.25) is 0 Å². The van der Waals surface area contributed by atoms with Crippen LogP contribution in [0.5, 0.6) is 0 Å². The topological polar surface area (TPSA) is 79.7 Å². The smallest absolute Gasteiger partial charge is 0.255 e. The number of carbonyl (C=O) groups is 1. The zero-order valence-electron chi connectivity index (χ0n) is 16.9. The summed E-state index contributed by atoms with van der Waals surface area (Å²) in [6.07, 6.45) is 10.3. The molecule has 148 valence electrons. The third-order valence-electron chi connectivity index (χ3n) is 5.93. The molecular formula is C21H28N6O. The fourth-order valence-corrected chi connectivity index (χ4v) is 4.24. The second kappa shape index (κ2) is 7.73. The van der Waals surface area contributed by atoms with Crippen LogP contribution in [0.15, 0.2) is 18.6 Å². The maximum Gasteiger partial charge on any atom is 0.255 e. The van der Waals surface area contributed by atoms with Gasteiger partial charge in [0.2, 0.25) is 0 Å². The van der Waals surface area contributed by atoms with Gasteiger partial charge in [-0.1, -0.05) is 12.8 Å². The van der Waals surface area contributed by atoms with Crippen molar-refractivity contribution in [3.8, 4) is 0 Å². The number of carbonyl (C=O) groups excluding carboxylic acids is 1. The van der Waals surface area contributed by atoms with E-state index in [4.69, 9.17) is 0 Å². The number of H-pyrrole nitrogens is 1. The van der Waals surface area contributed by atoms with Crippen molar-refractivity contribution in [3.05, 3.63) is 41.1 Å². The Labute approximate surface area is 165 Å². The standard InChI is InChI=1S/C21H28N6O/c1-14-18(15(2)25-24-14)9-6-10-26(3)21(28)16-11-19-20(22-12-16)27(13-23-19)17-7-4-5-8-17/h11-13,17H,4-10H2,1-3H3,(H,24,25). The summed E-state index contributed by atoms with van der Waals surface area (Å²) in [5.41, 5.74) is 5.69. The number of hydrogen-bond donors (Lipinski definition) is 1. The van der Waals surface area contributed by atoms with Crippen LogP contribution in [0.4, 0.5) is 0 Å². The molecule has 1 saturated carbocycles. The van der Waals surface area contributed by atoms with Crippen LogP contribution in [0, 0.1) is 13.8 Å². The summed E-state index contributed by atoms with van der Waals surface area (Å²) in [7, 11) is 1.85. The number of nitrogens with zero attached hydrogens (tertiary/aromatic N) is 5. The second-order valence-electron chi connectivity index (χ2n) is 7.90. The minimum absolute atomic E-state index is 0.00884. The lowest BCUT2D eigenvalue weighted by molar-refractivity contribution is 0.0793. The molecule has 4 rings (SSSR count). The van der Waals surface area contributed by atoms with Gasteiger partial charge in [0.1, 0.15) is 5.52 Å². The minimum Gasteiger partial charge on any atom is -0.342 e. The summed E-state index contributed by atoms with van der Waals surface area (Å²) in [6, 6.07) is 2.37. The maximum atomic E-state index is 12.8. The van der Waals surface area contributed by atoms with Crippen LogP contribution >= 0.6 is 0 Å². The van der Waals surface area contributed by atoms with E-state index >= 15 is 0 Å². The van der Waals surface area contributed by atoms with E-state index < -0.39 is 0 Å². The number of aromatic amines is 1. The number of pyridine rings is 1. The Balaban J connectivity index is 1.41. The molecule has 0 aromatic carbocycles. The lowest BCUT2D eigenvalue weighted by atomic mass is 10.1. The van der Waals surface area contributed by atoms with Crippen molar-refractivity contribution in [2.24, 2.45) is 0 Å². The molecule has 3 heterocycles. The van der Waals surface area contributed by atoms with E-state index in [9.17, 15) is 4.79 Å². The number of fused-ring (bicyclic) bond motifs is 1. The first kappa shape index (κ1) is 18.7. The third-order valence-corrected chi connectivity index (χ3v) is 5.93. The highest BCUT2D eigenvalue weighted by molar-refractivity contribution is 5.96. The molecule has 28 heavy (non-hydrogen) atoms. The Kier molecular flexibility index (Phi) is 5.15. The van der Waals surface area contributed by atoms with Crippen molar-refractivity contribution in [1.29, 1.82) is 0 Å². The van der Waals surface area contributed by atoms with Crippen LogP contribution in [-0.2, 0) is 6.42 Å². The number of aromatic nitrogens is 5. The SMILES string of the molecule is Cc1n[nH]c(C)c1CCCN(C)C(=O)c1cnc2c(c1)ncn2C1CCCC1. The Bertz CT molecular complexity index is 963. The van der Waals surface area contributed by atoms with Crippen LogP contribution in [0.3, 0.4) is 0 Å². The van der Waals surface area contributed by atoms with Crippen molar-refractivity contribution < 1.29 is 4.79 Å². The highest BCUT2D eigenvalue weighted by Crippen LogP contribution is 2.31. The molecule has 0 bridgehead atoms. The van der Waals surface area contributed by atoms with Crippen molar-refractivity contribution >= 4 is 17.1 Å². The molecule has 3 aromatic heterocycles. The molecule has 1 N–H and O–H groups in total. The van der Waals surface area contributed by atoms with Crippen LogP contribution < -0.4 is 0 Å². The molecule has 0 unspecified atom stereocenters. The summed E-state index contributed by atoms with van der Waals surface area (Å²) in [5.74, 6) is -0.00884. The molecule has 3 aromatic rings. The highest BCUT2D eigenvalue weighted by atomic mass is 16.2. The van der Waals surface area contributed by atoms with E-state index in [1.807, 2.05) is 33.3 Å². The second-order valence-corrected chi connectivity index (χ2v) is 7.90. The van der Waals surface area contributed by atoms with E-state index in [0.29, 0.717) is 18.2 Å². The average Bonchev–Trinajstić information content (AvgIpc) is 3.42. The van der Waals surface area contributed by atoms with Gasteiger partial charge in [-0.05, 0) is 51.2 Å². The normalized spacial score (nSPS) is 14.8. The fraction of sp³-hybridized carbons (Fsp3) is 0.524.